The van der Waals surface area contributed by atoms with Crippen LogP contribution in [0.4, 0.5) is 0 Å². The highest BCUT2D eigenvalue weighted by molar-refractivity contribution is 5.75. The third-order valence-electron chi connectivity index (χ3n) is 2.00. The van der Waals surface area contributed by atoms with Gasteiger partial charge in [0.1, 0.15) is 6.10 Å². The maximum Gasteiger partial charge on any atom is 0.240 e. The first-order valence-corrected chi connectivity index (χ1v) is 5.01. The molecule has 1 unspecified atom stereocenters. The lowest BCUT2D eigenvalue weighted by Gasteiger charge is -2.05. The summed E-state index contributed by atoms with van der Waals surface area (Å²) in [4.78, 5) is 14.6. The fourth-order valence-corrected chi connectivity index (χ4v) is 1.22. The highest BCUT2D eigenvalue weighted by Crippen LogP contribution is 2.16. The Kier molecular flexibility index (Phi) is 4.87. The SMILES string of the molecule is CCC(OC)c1noc(CNCC(N)=O)n1. The molecule has 0 aliphatic heterocycles. The number of nitrogens with zero attached hydrogens (tertiary/aromatic N) is 2. The van der Waals surface area contributed by atoms with Gasteiger partial charge >= 0.3 is 0 Å². The largest absolute Gasteiger partial charge is 0.373 e. The molecule has 3 N–H and O–H groups in total. The molecule has 0 saturated carbocycles. The molecule has 1 amide bonds. The van der Waals surface area contributed by atoms with E-state index in [9.17, 15) is 4.79 Å². The molecule has 0 saturated heterocycles. The highest BCUT2D eigenvalue weighted by atomic mass is 16.5. The van der Waals surface area contributed by atoms with Gasteiger partial charge in [0.15, 0.2) is 0 Å². The van der Waals surface area contributed by atoms with Crippen molar-refractivity contribution >= 4 is 5.91 Å². The van der Waals surface area contributed by atoms with Gasteiger partial charge in [0.05, 0.1) is 13.1 Å². The molecule has 0 aliphatic carbocycles. The topological polar surface area (TPSA) is 103 Å². The van der Waals surface area contributed by atoms with Gasteiger partial charge in [-0.15, -0.1) is 0 Å². The number of aromatic nitrogens is 2. The average molecular weight is 228 g/mol. The molecular weight excluding hydrogens is 212 g/mol. The number of ether oxygens (including phenoxy) is 1. The Morgan fingerprint density at radius 1 is 1.69 bits per heavy atom. The Labute approximate surface area is 93.3 Å². The Hall–Kier alpha value is -1.47. The standard InChI is InChI=1S/C9H16N4O3/c1-3-6(15-2)9-12-8(16-13-9)5-11-4-7(10)14/h6,11H,3-5H2,1-2H3,(H2,10,14). The van der Waals surface area contributed by atoms with Gasteiger partial charge in [0.2, 0.25) is 17.6 Å². The van der Waals surface area contributed by atoms with Crippen LogP contribution in [-0.4, -0.2) is 29.7 Å². The Balaban J connectivity index is 2.47. The molecule has 1 aromatic heterocycles. The minimum Gasteiger partial charge on any atom is -0.373 e. The zero-order valence-corrected chi connectivity index (χ0v) is 9.40. The van der Waals surface area contributed by atoms with Crippen molar-refractivity contribution in [1.82, 2.24) is 15.5 Å². The van der Waals surface area contributed by atoms with E-state index >= 15 is 0 Å². The molecule has 0 radical (unpaired) electrons. The maximum atomic E-state index is 10.5. The number of nitrogens with one attached hydrogen (secondary N) is 1. The molecule has 7 heteroatoms. The van der Waals surface area contributed by atoms with E-state index in [1.807, 2.05) is 6.92 Å². The summed E-state index contributed by atoms with van der Waals surface area (Å²) in [5, 5.41) is 6.57. The summed E-state index contributed by atoms with van der Waals surface area (Å²) in [5.41, 5.74) is 4.97. The third kappa shape index (κ3) is 3.59. The van der Waals surface area contributed by atoms with Crippen LogP contribution in [0.5, 0.6) is 0 Å². The van der Waals surface area contributed by atoms with Crippen molar-refractivity contribution in [3.05, 3.63) is 11.7 Å². The van der Waals surface area contributed by atoms with Crippen LogP contribution in [-0.2, 0) is 16.1 Å². The average Bonchev–Trinajstić information content (AvgIpc) is 2.68. The van der Waals surface area contributed by atoms with E-state index in [2.05, 4.69) is 15.5 Å². The smallest absolute Gasteiger partial charge is 0.240 e. The van der Waals surface area contributed by atoms with E-state index in [0.29, 0.717) is 18.3 Å². The first-order valence-electron chi connectivity index (χ1n) is 5.01. The number of hydrogen-bond donors (Lipinski definition) is 2. The minimum atomic E-state index is -0.428. The summed E-state index contributed by atoms with van der Waals surface area (Å²) in [6.45, 7) is 2.37. The molecule has 90 valence electrons. The lowest BCUT2D eigenvalue weighted by molar-refractivity contribution is -0.117. The van der Waals surface area contributed by atoms with E-state index in [-0.39, 0.29) is 12.6 Å². The van der Waals surface area contributed by atoms with Gasteiger partial charge in [-0.2, -0.15) is 4.98 Å². The van der Waals surface area contributed by atoms with E-state index in [1.165, 1.54) is 0 Å². The zero-order valence-electron chi connectivity index (χ0n) is 9.40. The third-order valence-corrected chi connectivity index (χ3v) is 2.00. The molecule has 16 heavy (non-hydrogen) atoms. The van der Waals surface area contributed by atoms with E-state index < -0.39 is 5.91 Å². The number of carbonyl (C=O) groups is 1. The number of primary amides is 1. The van der Waals surface area contributed by atoms with Gasteiger partial charge in [0, 0.05) is 7.11 Å². The predicted octanol–water partition coefficient (Wildman–Crippen LogP) is -0.258. The molecule has 1 rings (SSSR count). The van der Waals surface area contributed by atoms with Crippen molar-refractivity contribution < 1.29 is 14.1 Å². The van der Waals surface area contributed by atoms with Crippen molar-refractivity contribution in [3.8, 4) is 0 Å². The first-order chi connectivity index (χ1) is 7.67. The van der Waals surface area contributed by atoms with Crippen LogP contribution in [0.2, 0.25) is 0 Å². The number of methoxy groups -OCH3 is 1. The molecular formula is C9H16N4O3. The normalized spacial score (nSPS) is 12.6. The van der Waals surface area contributed by atoms with E-state index in [4.69, 9.17) is 15.0 Å². The van der Waals surface area contributed by atoms with E-state index in [0.717, 1.165) is 6.42 Å². The number of amides is 1. The lowest BCUT2D eigenvalue weighted by Crippen LogP contribution is -2.28. The van der Waals surface area contributed by atoms with Gasteiger partial charge in [-0.1, -0.05) is 12.1 Å². The summed E-state index contributed by atoms with van der Waals surface area (Å²) in [7, 11) is 1.59. The second-order valence-electron chi connectivity index (χ2n) is 3.25. The van der Waals surface area contributed by atoms with Gasteiger partial charge in [-0.25, -0.2) is 0 Å². The highest BCUT2D eigenvalue weighted by Gasteiger charge is 2.15. The van der Waals surface area contributed by atoms with Crippen molar-refractivity contribution in [2.75, 3.05) is 13.7 Å². The molecule has 0 fully saturated rings. The van der Waals surface area contributed by atoms with Gasteiger partial charge in [0.25, 0.3) is 0 Å². The van der Waals surface area contributed by atoms with E-state index in [1.54, 1.807) is 7.11 Å². The summed E-state index contributed by atoms with van der Waals surface area (Å²) < 4.78 is 10.1. The van der Waals surface area contributed by atoms with Crippen LogP contribution in [0.15, 0.2) is 4.52 Å². The second-order valence-corrected chi connectivity index (χ2v) is 3.25. The molecule has 7 nitrogen and oxygen atoms in total. The van der Waals surface area contributed by atoms with Crippen LogP contribution < -0.4 is 11.1 Å². The second kappa shape index (κ2) is 6.19. The van der Waals surface area contributed by atoms with Crippen molar-refractivity contribution in [3.63, 3.8) is 0 Å². The molecule has 0 spiro atoms. The van der Waals surface area contributed by atoms with Crippen LogP contribution >= 0.6 is 0 Å². The molecule has 0 aliphatic rings. The summed E-state index contributed by atoms with van der Waals surface area (Å²) in [5.74, 6) is 0.496. The first kappa shape index (κ1) is 12.6. The van der Waals surface area contributed by atoms with Crippen LogP contribution in [0.25, 0.3) is 0 Å². The number of nitrogens with two attached hydrogens (primary N) is 1. The van der Waals surface area contributed by atoms with Crippen molar-refractivity contribution in [1.29, 1.82) is 0 Å². The fourth-order valence-electron chi connectivity index (χ4n) is 1.22. The predicted molar refractivity (Wildman–Crippen MR) is 55.2 cm³/mol. The Bertz CT molecular complexity index is 335. The summed E-state index contributed by atoms with van der Waals surface area (Å²) in [6.07, 6.45) is 0.609. The Morgan fingerprint density at radius 2 is 2.44 bits per heavy atom. The quantitative estimate of drug-likeness (QED) is 0.666. The minimum absolute atomic E-state index is 0.0825. The van der Waals surface area contributed by atoms with Gasteiger partial charge < -0.3 is 15.0 Å². The zero-order chi connectivity index (χ0) is 12.0. The lowest BCUT2D eigenvalue weighted by atomic mass is 10.3. The number of hydrogen-bond acceptors (Lipinski definition) is 6. The molecule has 1 heterocycles. The van der Waals surface area contributed by atoms with Gasteiger partial charge in [-0.3, -0.25) is 10.1 Å². The fraction of sp³-hybridized carbons (Fsp3) is 0.667. The monoisotopic (exact) mass is 228 g/mol. The molecule has 1 atom stereocenters. The summed E-state index contributed by atoms with van der Waals surface area (Å²) in [6, 6.07) is 0. The van der Waals surface area contributed by atoms with Crippen LogP contribution in [0.3, 0.4) is 0 Å². The van der Waals surface area contributed by atoms with Crippen molar-refractivity contribution in [2.24, 2.45) is 5.73 Å². The number of carbonyl (C=O) groups excluding carboxylic acids is 1. The number of rotatable bonds is 7. The van der Waals surface area contributed by atoms with Crippen molar-refractivity contribution in [2.45, 2.75) is 26.0 Å². The maximum absolute atomic E-state index is 10.5. The molecule has 1 aromatic rings. The summed E-state index contributed by atoms with van der Waals surface area (Å²) >= 11 is 0. The molecule has 0 bridgehead atoms. The van der Waals surface area contributed by atoms with Gasteiger partial charge in [-0.05, 0) is 6.42 Å². The van der Waals surface area contributed by atoms with Crippen LogP contribution in [0, 0.1) is 0 Å². The van der Waals surface area contributed by atoms with Crippen LogP contribution in [0.1, 0.15) is 31.2 Å². The Morgan fingerprint density at radius 3 is 3.00 bits per heavy atom. The molecule has 0 aromatic carbocycles.